The zero-order chi connectivity index (χ0) is 43.5. The van der Waals surface area contributed by atoms with Crippen LogP contribution in [-0.4, -0.2) is 4.57 Å². The predicted octanol–water partition coefficient (Wildman–Crippen LogP) is 17.4. The van der Waals surface area contributed by atoms with Crippen LogP contribution >= 0.6 is 11.3 Å². The predicted molar refractivity (Wildman–Crippen MR) is 276 cm³/mol. The van der Waals surface area contributed by atoms with Crippen LogP contribution in [0.1, 0.15) is 25.0 Å². The van der Waals surface area contributed by atoms with Gasteiger partial charge in [0.15, 0.2) is 0 Å². The van der Waals surface area contributed by atoms with Crippen molar-refractivity contribution in [1.82, 2.24) is 4.57 Å². The van der Waals surface area contributed by atoms with E-state index in [0.29, 0.717) is 0 Å². The first kappa shape index (κ1) is 38.7. The third kappa shape index (κ3) is 6.65. The van der Waals surface area contributed by atoms with E-state index in [2.05, 4.69) is 264 Å². The Balaban J connectivity index is 1.10. The number of nitrogens with zero attached hydrogens (tertiary/aromatic N) is 3. The van der Waals surface area contributed by atoms with E-state index in [1.165, 1.54) is 60.2 Å². The molecule has 4 heteroatoms. The maximum absolute atomic E-state index is 2.44. The molecule has 310 valence electrons. The van der Waals surface area contributed by atoms with E-state index in [-0.39, 0.29) is 5.41 Å². The van der Waals surface area contributed by atoms with E-state index in [4.69, 9.17) is 0 Å². The normalized spacial score (nSPS) is 12.6. The molecule has 0 unspecified atom stereocenters. The third-order valence-electron chi connectivity index (χ3n) is 13.2. The molecule has 2 aromatic heterocycles. The van der Waals surface area contributed by atoms with Crippen LogP contribution in [0.4, 0.5) is 34.1 Å². The van der Waals surface area contributed by atoms with Crippen LogP contribution in [0.2, 0.25) is 0 Å². The largest absolute Gasteiger partial charge is 0.310 e. The molecule has 11 aromatic rings. The lowest BCUT2D eigenvalue weighted by molar-refractivity contribution is 0.660. The molecule has 1 aliphatic rings. The summed E-state index contributed by atoms with van der Waals surface area (Å²) in [5, 5.41) is 5.84. The van der Waals surface area contributed by atoms with Crippen LogP contribution < -0.4 is 9.80 Å². The highest BCUT2D eigenvalue weighted by Gasteiger charge is 2.36. The molecule has 0 bridgehead atoms. The Hall–Kier alpha value is -7.92. The van der Waals surface area contributed by atoms with Gasteiger partial charge in [0.05, 0.1) is 16.0 Å². The summed E-state index contributed by atoms with van der Waals surface area (Å²) in [4.78, 5) is 4.84. The Morgan fingerprint density at radius 2 is 0.908 bits per heavy atom. The Labute approximate surface area is 384 Å². The molecular weight excluding hydrogens is 807 g/mol. The quantitative estimate of drug-likeness (QED) is 0.143. The van der Waals surface area contributed by atoms with Gasteiger partial charge in [-0.3, -0.25) is 0 Å². The highest BCUT2D eigenvalue weighted by molar-refractivity contribution is 7.12. The molecule has 9 aromatic carbocycles. The van der Waals surface area contributed by atoms with Crippen LogP contribution in [-0.2, 0) is 5.41 Å². The SMILES string of the molecule is CC1(C)c2ccccc2-c2ccc(N(c3ccccc3)c3cc(-c4ccc5c(c4)c4ccccc4n5-c4cccs4)cc(N(c4ccccc4)c4ccc(-c5ccccc5)cc4)c3)cc21. The van der Waals surface area contributed by atoms with Crippen LogP contribution in [0, 0.1) is 0 Å². The minimum Gasteiger partial charge on any atom is -0.310 e. The number of anilines is 6. The fourth-order valence-corrected chi connectivity index (χ4v) is 10.9. The van der Waals surface area contributed by atoms with Crippen molar-refractivity contribution in [2.24, 2.45) is 0 Å². The molecule has 0 radical (unpaired) electrons. The number of benzene rings is 9. The van der Waals surface area contributed by atoms with Gasteiger partial charge in [-0.1, -0.05) is 147 Å². The van der Waals surface area contributed by atoms with Gasteiger partial charge in [0.25, 0.3) is 0 Å². The smallest absolute Gasteiger partial charge is 0.0999 e. The number of fused-ring (bicyclic) bond motifs is 6. The molecule has 0 N–H and O–H groups in total. The lowest BCUT2D eigenvalue weighted by atomic mass is 9.82. The molecule has 0 saturated heterocycles. The Morgan fingerprint density at radius 1 is 0.354 bits per heavy atom. The second kappa shape index (κ2) is 15.7. The lowest BCUT2D eigenvalue weighted by Gasteiger charge is -2.31. The van der Waals surface area contributed by atoms with E-state index in [1.807, 2.05) is 0 Å². The highest BCUT2D eigenvalue weighted by atomic mass is 32.1. The van der Waals surface area contributed by atoms with E-state index in [0.717, 1.165) is 45.3 Å². The van der Waals surface area contributed by atoms with E-state index in [1.54, 1.807) is 11.3 Å². The van der Waals surface area contributed by atoms with Gasteiger partial charge in [0.2, 0.25) is 0 Å². The van der Waals surface area contributed by atoms with E-state index in [9.17, 15) is 0 Å². The summed E-state index contributed by atoms with van der Waals surface area (Å²) < 4.78 is 2.40. The van der Waals surface area contributed by atoms with Crippen molar-refractivity contribution >= 4 is 67.3 Å². The van der Waals surface area contributed by atoms with Crippen molar-refractivity contribution in [2.45, 2.75) is 19.3 Å². The standard InChI is InChI=1S/C61H45N3S/c1-61(2)56-25-14-12-23-52(56)53-34-33-49(41-57(53)61)63(47-21-10-5-11-22-47)51-38-45(44-30-35-59-55(39-44)54-24-13-15-26-58(54)64(59)60-27-16-36-65-60)37-50(40-51)62(46-19-8-4-9-20-46)48-31-28-43(29-32-48)42-17-6-3-7-18-42/h3-41H,1-2H3. The summed E-state index contributed by atoms with van der Waals surface area (Å²) in [6.07, 6.45) is 0. The van der Waals surface area contributed by atoms with Crippen molar-refractivity contribution in [2.75, 3.05) is 9.80 Å². The van der Waals surface area contributed by atoms with Crippen molar-refractivity contribution in [1.29, 1.82) is 0 Å². The second-order valence-corrected chi connectivity index (χ2v) is 18.4. The molecule has 12 rings (SSSR count). The molecule has 0 fully saturated rings. The van der Waals surface area contributed by atoms with Gasteiger partial charge in [0, 0.05) is 50.3 Å². The van der Waals surface area contributed by atoms with Gasteiger partial charge >= 0.3 is 0 Å². The van der Waals surface area contributed by atoms with Crippen molar-refractivity contribution in [3.05, 3.63) is 247 Å². The molecule has 1 aliphatic carbocycles. The Morgan fingerprint density at radius 3 is 1.62 bits per heavy atom. The Bertz CT molecular complexity index is 3500. The summed E-state index contributed by atoms with van der Waals surface area (Å²) in [5.41, 5.74) is 18.8. The number of thiophene rings is 1. The molecule has 0 saturated carbocycles. The first-order valence-electron chi connectivity index (χ1n) is 22.3. The van der Waals surface area contributed by atoms with E-state index >= 15 is 0 Å². The number of rotatable bonds is 9. The van der Waals surface area contributed by atoms with Gasteiger partial charge in [-0.2, -0.15) is 0 Å². The summed E-state index contributed by atoms with van der Waals surface area (Å²) in [5.74, 6) is 0. The van der Waals surface area contributed by atoms with Crippen LogP contribution in [0.15, 0.2) is 236 Å². The minimum absolute atomic E-state index is 0.148. The van der Waals surface area contributed by atoms with Gasteiger partial charge in [0.1, 0.15) is 0 Å². The zero-order valence-corrected chi connectivity index (χ0v) is 37.1. The summed E-state index contributed by atoms with van der Waals surface area (Å²) in [6.45, 7) is 4.72. The first-order valence-corrected chi connectivity index (χ1v) is 23.2. The van der Waals surface area contributed by atoms with Crippen molar-refractivity contribution in [3.8, 4) is 38.4 Å². The Kier molecular flexibility index (Phi) is 9.36. The van der Waals surface area contributed by atoms with E-state index < -0.39 is 0 Å². The average Bonchev–Trinajstić information content (AvgIpc) is 4.07. The number of para-hydroxylation sites is 3. The molecule has 65 heavy (non-hydrogen) atoms. The van der Waals surface area contributed by atoms with Crippen LogP contribution in [0.3, 0.4) is 0 Å². The molecular formula is C61H45N3S. The van der Waals surface area contributed by atoms with Crippen molar-refractivity contribution in [3.63, 3.8) is 0 Å². The van der Waals surface area contributed by atoms with Gasteiger partial charge in [-0.05, 0) is 147 Å². The monoisotopic (exact) mass is 851 g/mol. The lowest BCUT2D eigenvalue weighted by Crippen LogP contribution is -2.17. The maximum Gasteiger partial charge on any atom is 0.0999 e. The zero-order valence-electron chi connectivity index (χ0n) is 36.3. The van der Waals surface area contributed by atoms with Gasteiger partial charge in [-0.25, -0.2) is 0 Å². The molecule has 0 amide bonds. The maximum atomic E-state index is 2.44. The van der Waals surface area contributed by atoms with Crippen molar-refractivity contribution < 1.29 is 0 Å². The summed E-state index contributed by atoms with van der Waals surface area (Å²) >= 11 is 1.77. The number of hydrogen-bond donors (Lipinski definition) is 0. The van der Waals surface area contributed by atoms with Crippen LogP contribution in [0.25, 0.3) is 60.2 Å². The van der Waals surface area contributed by atoms with Gasteiger partial charge < -0.3 is 14.4 Å². The molecule has 3 nitrogen and oxygen atoms in total. The minimum atomic E-state index is -0.148. The van der Waals surface area contributed by atoms with Gasteiger partial charge in [-0.15, -0.1) is 11.3 Å². The fraction of sp³-hybridized carbons (Fsp3) is 0.0492. The molecule has 0 aliphatic heterocycles. The third-order valence-corrected chi connectivity index (χ3v) is 14.1. The number of hydrogen-bond acceptors (Lipinski definition) is 3. The molecule has 0 atom stereocenters. The second-order valence-electron chi connectivity index (χ2n) is 17.4. The topological polar surface area (TPSA) is 11.4 Å². The summed E-state index contributed by atoms with van der Waals surface area (Å²) in [6, 6.07) is 84.4. The number of aromatic nitrogens is 1. The molecule has 2 heterocycles. The van der Waals surface area contributed by atoms with Crippen LogP contribution in [0.5, 0.6) is 0 Å². The molecule has 0 spiro atoms. The average molecular weight is 852 g/mol. The summed E-state index contributed by atoms with van der Waals surface area (Å²) in [7, 11) is 0. The fourth-order valence-electron chi connectivity index (χ4n) is 10.1. The first-order chi connectivity index (χ1) is 32.0. The highest BCUT2D eigenvalue weighted by Crippen LogP contribution is 2.51.